The van der Waals surface area contributed by atoms with E-state index in [2.05, 4.69) is 180 Å². The van der Waals surface area contributed by atoms with Crippen molar-refractivity contribution < 1.29 is 0 Å². The largest absolute Gasteiger partial charge is 0.0587 e. The molecule has 0 bridgehead atoms. The normalized spacial score (nSPS) is 12.6. The summed E-state index contributed by atoms with van der Waals surface area (Å²) in [5.74, 6) is 0.910. The minimum absolute atomic E-state index is 0.455. The van der Waals surface area contributed by atoms with Crippen LogP contribution in [0.3, 0.4) is 0 Å². The first-order chi connectivity index (χ1) is 28.7. The summed E-state index contributed by atoms with van der Waals surface area (Å²) in [5, 5.41) is 21.7. The lowest BCUT2D eigenvalue weighted by atomic mass is 9.86. The molecule has 0 atom stereocenters. The molecule has 60 heavy (non-hydrogen) atoms. The number of benzene rings is 9. The van der Waals surface area contributed by atoms with Crippen molar-refractivity contribution in [1.82, 2.24) is 0 Å². The lowest BCUT2D eigenvalue weighted by Gasteiger charge is -2.18. The van der Waals surface area contributed by atoms with Crippen LogP contribution in [0, 0.1) is 55.4 Å². The first-order valence-corrected chi connectivity index (χ1v) is 22.1. The molecule has 11 rings (SSSR count). The fraction of sp³-hybridized carbons (Fsp3) is 0.233. The van der Waals surface area contributed by atoms with Gasteiger partial charge in [-0.3, -0.25) is 0 Å². The quantitative estimate of drug-likeness (QED) is 0.156. The van der Waals surface area contributed by atoms with Crippen molar-refractivity contribution in [3.05, 3.63) is 153 Å². The first-order valence-electron chi connectivity index (χ1n) is 22.1. The highest BCUT2D eigenvalue weighted by Crippen LogP contribution is 2.50. The standard InChI is InChI=1S/C60H54/c1-29(2)39-13-15-43-47(21-39)53-25-41(57-35(9)31(5)19-32(6)36(57)10)23-51-45-17-18-46-50(49(45)27-55(43)59(51)53)28-56-44-16-14-40(30(3)4)22-48(44)54-26-42(24-52(46)60(54)56)58-37(11)33(7)20-34(8)38(58)12/h13-30H,1-12H3. The third-order valence-electron chi connectivity index (χ3n) is 15.2. The van der Waals surface area contributed by atoms with E-state index >= 15 is 0 Å². The molecule has 0 amide bonds. The predicted octanol–water partition coefficient (Wildman–Crippen LogP) is 17.8. The second-order valence-corrected chi connectivity index (χ2v) is 19.2. The average molecular weight is 775 g/mol. The van der Waals surface area contributed by atoms with Gasteiger partial charge in [0.1, 0.15) is 0 Å². The van der Waals surface area contributed by atoms with E-state index in [4.69, 9.17) is 0 Å². The Hall–Kier alpha value is -5.98. The summed E-state index contributed by atoms with van der Waals surface area (Å²) >= 11 is 0. The molecule has 0 radical (unpaired) electrons. The predicted molar refractivity (Wildman–Crippen MR) is 266 cm³/mol. The minimum Gasteiger partial charge on any atom is -0.0587 e. The van der Waals surface area contributed by atoms with Crippen molar-refractivity contribution in [2.45, 2.75) is 94.9 Å². The molecule has 0 nitrogen and oxygen atoms in total. The topological polar surface area (TPSA) is 0 Å². The highest BCUT2D eigenvalue weighted by molar-refractivity contribution is 6.40. The molecule has 0 aliphatic carbocycles. The molecule has 0 spiro atoms. The highest BCUT2D eigenvalue weighted by atomic mass is 14.3. The summed E-state index contributed by atoms with van der Waals surface area (Å²) in [5.41, 5.74) is 19.1. The highest BCUT2D eigenvalue weighted by Gasteiger charge is 2.23. The second kappa shape index (κ2) is 12.8. The van der Waals surface area contributed by atoms with E-state index in [1.165, 1.54) is 164 Å². The van der Waals surface area contributed by atoms with Crippen LogP contribution in [0.25, 0.3) is 108 Å². The summed E-state index contributed by atoms with van der Waals surface area (Å²) in [6.07, 6.45) is 0. The summed E-state index contributed by atoms with van der Waals surface area (Å²) < 4.78 is 0. The fourth-order valence-corrected chi connectivity index (χ4v) is 11.3. The van der Waals surface area contributed by atoms with E-state index in [-0.39, 0.29) is 0 Å². The Balaban J connectivity index is 1.34. The molecule has 294 valence electrons. The Morgan fingerprint density at radius 3 is 0.850 bits per heavy atom. The van der Waals surface area contributed by atoms with E-state index in [0.29, 0.717) is 11.8 Å². The Labute approximate surface area is 354 Å². The van der Waals surface area contributed by atoms with E-state index in [1.807, 2.05) is 0 Å². The summed E-state index contributed by atoms with van der Waals surface area (Å²) in [7, 11) is 0. The molecule has 0 N–H and O–H groups in total. The maximum absolute atomic E-state index is 2.55. The van der Waals surface area contributed by atoms with Crippen LogP contribution in [0.15, 0.2) is 97.1 Å². The molecule has 0 fully saturated rings. The number of hydrogen-bond acceptors (Lipinski definition) is 0. The Morgan fingerprint density at radius 2 is 0.533 bits per heavy atom. The van der Waals surface area contributed by atoms with Crippen LogP contribution in [-0.2, 0) is 0 Å². The van der Waals surface area contributed by atoms with Crippen LogP contribution in [0.1, 0.15) is 95.2 Å². The molecular weight excluding hydrogens is 721 g/mol. The van der Waals surface area contributed by atoms with Gasteiger partial charge in [0.05, 0.1) is 0 Å². The maximum Gasteiger partial charge on any atom is -0.00195 e. The summed E-state index contributed by atoms with van der Waals surface area (Å²) in [4.78, 5) is 0. The SMILES string of the molecule is Cc1cc(C)c(C)c(-c2cc3c4ccc5c(cc6c7ccc(C(C)C)cc7c7cc(-c8c(C)c(C)cc(C)c8C)cc5c76)c4cc4c5ccc(C(C)C)cc5c(c2)c34)c1C. The van der Waals surface area contributed by atoms with Gasteiger partial charge in [-0.25, -0.2) is 0 Å². The molecule has 0 aromatic heterocycles. The van der Waals surface area contributed by atoms with Crippen molar-refractivity contribution in [2.75, 3.05) is 0 Å². The fourth-order valence-electron chi connectivity index (χ4n) is 11.3. The van der Waals surface area contributed by atoms with Crippen molar-refractivity contribution in [3.8, 4) is 22.3 Å². The van der Waals surface area contributed by atoms with Gasteiger partial charge in [0.2, 0.25) is 0 Å². The van der Waals surface area contributed by atoms with Crippen molar-refractivity contribution >= 4 is 86.2 Å². The molecule has 0 aliphatic rings. The molecular formula is C60H54. The number of hydrogen-bond donors (Lipinski definition) is 0. The summed E-state index contributed by atoms with van der Waals surface area (Å²) in [6, 6.07) is 39.3. The molecule has 0 saturated carbocycles. The molecule has 11 aromatic rings. The van der Waals surface area contributed by atoms with Gasteiger partial charge in [0.25, 0.3) is 0 Å². The zero-order valence-electron chi connectivity index (χ0n) is 37.4. The third kappa shape index (κ3) is 4.97. The average Bonchev–Trinajstić information content (AvgIpc) is 3.71. The molecule has 0 aliphatic heterocycles. The monoisotopic (exact) mass is 774 g/mol. The van der Waals surface area contributed by atoms with Gasteiger partial charge >= 0.3 is 0 Å². The van der Waals surface area contributed by atoms with Gasteiger partial charge in [-0.2, -0.15) is 0 Å². The van der Waals surface area contributed by atoms with Crippen LogP contribution in [0.2, 0.25) is 0 Å². The number of aryl methyl sites for hydroxylation is 4. The van der Waals surface area contributed by atoms with Gasteiger partial charge < -0.3 is 0 Å². The van der Waals surface area contributed by atoms with Crippen LogP contribution in [0.4, 0.5) is 0 Å². The van der Waals surface area contributed by atoms with Gasteiger partial charge in [0.15, 0.2) is 0 Å². The van der Waals surface area contributed by atoms with Crippen LogP contribution in [0.5, 0.6) is 0 Å². The Morgan fingerprint density at radius 1 is 0.267 bits per heavy atom. The number of fused-ring (bicyclic) bond motifs is 11. The zero-order valence-corrected chi connectivity index (χ0v) is 37.4. The van der Waals surface area contributed by atoms with Gasteiger partial charge in [-0.05, 0) is 268 Å². The summed E-state index contributed by atoms with van der Waals surface area (Å²) in [6.45, 7) is 27.6. The van der Waals surface area contributed by atoms with Crippen LogP contribution < -0.4 is 0 Å². The van der Waals surface area contributed by atoms with Gasteiger partial charge in [0, 0.05) is 0 Å². The van der Waals surface area contributed by atoms with Gasteiger partial charge in [-0.15, -0.1) is 0 Å². The lowest BCUT2D eigenvalue weighted by Crippen LogP contribution is -1.95. The van der Waals surface area contributed by atoms with E-state index < -0.39 is 0 Å². The molecule has 0 heterocycles. The molecule has 11 aromatic carbocycles. The molecule has 0 heteroatoms. The van der Waals surface area contributed by atoms with E-state index in [1.54, 1.807) is 0 Å². The second-order valence-electron chi connectivity index (χ2n) is 19.2. The van der Waals surface area contributed by atoms with E-state index in [0.717, 1.165) is 0 Å². The third-order valence-corrected chi connectivity index (χ3v) is 15.2. The van der Waals surface area contributed by atoms with Crippen molar-refractivity contribution in [1.29, 1.82) is 0 Å². The van der Waals surface area contributed by atoms with Gasteiger partial charge in [-0.1, -0.05) is 88.4 Å². The van der Waals surface area contributed by atoms with Crippen LogP contribution >= 0.6 is 0 Å². The molecule has 0 saturated heterocycles. The first kappa shape index (κ1) is 37.1. The maximum atomic E-state index is 2.55. The van der Waals surface area contributed by atoms with Crippen LogP contribution in [-0.4, -0.2) is 0 Å². The van der Waals surface area contributed by atoms with Crippen molar-refractivity contribution in [2.24, 2.45) is 0 Å². The van der Waals surface area contributed by atoms with Crippen molar-refractivity contribution in [3.63, 3.8) is 0 Å². The van der Waals surface area contributed by atoms with E-state index in [9.17, 15) is 0 Å². The minimum atomic E-state index is 0.455. The zero-order chi connectivity index (χ0) is 41.8. The lowest BCUT2D eigenvalue weighted by molar-refractivity contribution is 0.869. The number of rotatable bonds is 4. The Kier molecular flexibility index (Phi) is 7.88. The molecule has 0 unspecified atom stereocenters. The Bertz CT molecular complexity index is 3360. The smallest absolute Gasteiger partial charge is 0.00195 e.